The van der Waals surface area contributed by atoms with Gasteiger partial charge in [0.05, 0.1) is 22.7 Å². The minimum Gasteiger partial charge on any atom is -0.279 e. The van der Waals surface area contributed by atoms with Crippen molar-refractivity contribution in [2.45, 2.75) is 25.3 Å². The Bertz CT molecular complexity index is 1230. The van der Waals surface area contributed by atoms with Crippen LogP contribution in [0.25, 0.3) is 0 Å². The Kier molecular flexibility index (Phi) is 4.87. The highest BCUT2D eigenvalue weighted by atomic mass is 32.2. The number of carbonyl (C=O) groups is 2. The number of pyridine rings is 1. The van der Waals surface area contributed by atoms with Crippen LogP contribution in [-0.2, 0) is 16.6 Å². The summed E-state index contributed by atoms with van der Waals surface area (Å²) in [7, 11) is -3.77. The summed E-state index contributed by atoms with van der Waals surface area (Å²) >= 11 is 0. The van der Waals surface area contributed by atoms with Gasteiger partial charge in [-0.15, -0.1) is 0 Å². The number of anilines is 1. The predicted molar refractivity (Wildman–Crippen MR) is 112 cm³/mol. The first-order chi connectivity index (χ1) is 14.3. The van der Waals surface area contributed by atoms with Crippen molar-refractivity contribution in [3.8, 4) is 0 Å². The Balaban J connectivity index is 1.52. The van der Waals surface area contributed by atoms with E-state index in [9.17, 15) is 18.0 Å². The van der Waals surface area contributed by atoms with Crippen LogP contribution in [0.2, 0.25) is 0 Å². The molecule has 1 aliphatic rings. The van der Waals surface area contributed by atoms with E-state index < -0.39 is 21.8 Å². The predicted octanol–water partition coefficient (Wildman–Crippen LogP) is 3.30. The number of nitrogens with one attached hydrogen (secondary N) is 1. The average molecular weight is 421 g/mol. The van der Waals surface area contributed by atoms with Crippen LogP contribution in [0, 0.1) is 13.8 Å². The number of hydrogen-bond donors (Lipinski definition) is 1. The summed E-state index contributed by atoms with van der Waals surface area (Å²) in [4.78, 5) is 30.1. The molecule has 2 heterocycles. The Morgan fingerprint density at radius 3 is 2.37 bits per heavy atom. The number of rotatable bonds is 5. The summed E-state index contributed by atoms with van der Waals surface area (Å²) in [6.07, 6.45) is 1.47. The second-order valence-corrected chi connectivity index (χ2v) is 8.85. The zero-order valence-corrected chi connectivity index (χ0v) is 17.2. The summed E-state index contributed by atoms with van der Waals surface area (Å²) in [5, 5.41) is 0. The minimum atomic E-state index is -3.77. The maximum atomic E-state index is 12.7. The molecular formula is C22H19N3O4S. The SMILES string of the molecule is Cc1ccc(NS(=O)(=O)c2ccc(CN3C(=O)c4cccnc4C3=O)cc2)c(C)c1. The minimum absolute atomic E-state index is 0.0405. The molecular weight excluding hydrogens is 402 g/mol. The van der Waals surface area contributed by atoms with Gasteiger partial charge in [-0.1, -0.05) is 29.8 Å². The van der Waals surface area contributed by atoms with Gasteiger partial charge in [0.2, 0.25) is 0 Å². The van der Waals surface area contributed by atoms with E-state index in [1.807, 2.05) is 26.0 Å². The van der Waals surface area contributed by atoms with Gasteiger partial charge in [-0.3, -0.25) is 24.2 Å². The summed E-state index contributed by atoms with van der Waals surface area (Å²) in [5.41, 5.74) is 3.44. The lowest BCUT2D eigenvalue weighted by atomic mass is 10.1. The van der Waals surface area contributed by atoms with Gasteiger partial charge in [-0.25, -0.2) is 8.42 Å². The van der Waals surface area contributed by atoms with Crippen LogP contribution < -0.4 is 4.72 Å². The molecule has 7 nitrogen and oxygen atoms in total. The maximum absolute atomic E-state index is 12.7. The van der Waals surface area contributed by atoms with E-state index >= 15 is 0 Å². The third-order valence-electron chi connectivity index (χ3n) is 4.93. The summed E-state index contributed by atoms with van der Waals surface area (Å²) in [6.45, 7) is 3.82. The van der Waals surface area contributed by atoms with Crippen molar-refractivity contribution in [2.24, 2.45) is 0 Å². The van der Waals surface area contributed by atoms with Crippen LogP contribution in [0.1, 0.15) is 37.5 Å². The molecule has 152 valence electrons. The number of hydrogen-bond acceptors (Lipinski definition) is 5. The van der Waals surface area contributed by atoms with Crippen LogP contribution in [0.15, 0.2) is 65.7 Å². The van der Waals surface area contributed by atoms with Crippen LogP contribution in [0.5, 0.6) is 0 Å². The zero-order chi connectivity index (χ0) is 21.5. The Hall–Kier alpha value is -3.52. The number of aromatic nitrogens is 1. The first-order valence-corrected chi connectivity index (χ1v) is 10.7. The topological polar surface area (TPSA) is 96.4 Å². The van der Waals surface area contributed by atoms with E-state index in [0.29, 0.717) is 11.3 Å². The van der Waals surface area contributed by atoms with Crippen molar-refractivity contribution in [2.75, 3.05) is 4.72 Å². The normalized spacial score (nSPS) is 13.5. The fourth-order valence-corrected chi connectivity index (χ4v) is 4.48. The van der Waals surface area contributed by atoms with Gasteiger partial charge in [0.15, 0.2) is 0 Å². The smallest absolute Gasteiger partial charge is 0.279 e. The summed E-state index contributed by atoms with van der Waals surface area (Å²) < 4.78 is 28.0. The first-order valence-electron chi connectivity index (χ1n) is 9.26. The number of benzene rings is 2. The molecule has 1 aromatic heterocycles. The van der Waals surface area contributed by atoms with Gasteiger partial charge in [-0.2, -0.15) is 0 Å². The lowest BCUT2D eigenvalue weighted by molar-refractivity contribution is 0.0640. The van der Waals surface area contributed by atoms with Gasteiger partial charge in [-0.05, 0) is 55.3 Å². The molecule has 0 bridgehead atoms. The molecule has 3 aromatic rings. The van der Waals surface area contributed by atoms with E-state index in [1.54, 1.807) is 30.3 Å². The number of sulfonamides is 1. The van der Waals surface area contributed by atoms with E-state index in [1.165, 1.54) is 18.3 Å². The van der Waals surface area contributed by atoms with E-state index in [0.717, 1.165) is 16.0 Å². The molecule has 0 atom stereocenters. The molecule has 1 aliphatic heterocycles. The quantitative estimate of drug-likeness (QED) is 0.638. The molecule has 8 heteroatoms. The van der Waals surface area contributed by atoms with Crippen molar-refractivity contribution in [1.82, 2.24) is 9.88 Å². The third kappa shape index (κ3) is 3.57. The van der Waals surface area contributed by atoms with E-state index in [2.05, 4.69) is 9.71 Å². The molecule has 1 N–H and O–H groups in total. The highest BCUT2D eigenvalue weighted by Crippen LogP contribution is 2.24. The largest absolute Gasteiger partial charge is 0.280 e. The van der Waals surface area contributed by atoms with Gasteiger partial charge < -0.3 is 0 Å². The van der Waals surface area contributed by atoms with Gasteiger partial charge in [0.25, 0.3) is 21.8 Å². The second-order valence-electron chi connectivity index (χ2n) is 7.16. The monoisotopic (exact) mass is 421 g/mol. The Morgan fingerprint density at radius 1 is 0.967 bits per heavy atom. The Morgan fingerprint density at radius 2 is 1.70 bits per heavy atom. The molecule has 0 saturated heterocycles. The van der Waals surface area contributed by atoms with E-state index in [4.69, 9.17) is 0 Å². The standard InChI is InChI=1S/C22H19N3O4S/c1-14-5-10-19(15(2)12-14)24-30(28,29)17-8-6-16(7-9-17)13-25-21(26)18-4-3-11-23-20(18)22(25)27/h3-12,24H,13H2,1-2H3. The molecule has 0 radical (unpaired) electrons. The first kappa shape index (κ1) is 19.8. The summed E-state index contributed by atoms with van der Waals surface area (Å²) in [6, 6.07) is 14.7. The highest BCUT2D eigenvalue weighted by Gasteiger charge is 2.36. The third-order valence-corrected chi connectivity index (χ3v) is 6.31. The molecule has 2 aromatic carbocycles. The maximum Gasteiger partial charge on any atom is 0.280 e. The second kappa shape index (κ2) is 7.38. The molecule has 4 rings (SSSR count). The van der Waals surface area contributed by atoms with Crippen molar-refractivity contribution in [3.63, 3.8) is 0 Å². The lowest BCUT2D eigenvalue weighted by Crippen LogP contribution is -2.29. The van der Waals surface area contributed by atoms with Gasteiger partial charge in [0, 0.05) is 6.20 Å². The van der Waals surface area contributed by atoms with Crippen molar-refractivity contribution in [3.05, 3.63) is 88.7 Å². The fourth-order valence-electron chi connectivity index (χ4n) is 3.35. The molecule has 0 aliphatic carbocycles. The average Bonchev–Trinajstić information content (AvgIpc) is 2.96. The number of aryl methyl sites for hydroxylation is 2. The van der Waals surface area contributed by atoms with Crippen LogP contribution >= 0.6 is 0 Å². The number of amides is 2. The molecule has 0 unspecified atom stereocenters. The molecule has 0 fully saturated rings. The zero-order valence-electron chi connectivity index (χ0n) is 16.4. The van der Waals surface area contributed by atoms with E-state index in [-0.39, 0.29) is 22.7 Å². The molecule has 30 heavy (non-hydrogen) atoms. The number of fused-ring (bicyclic) bond motifs is 1. The molecule has 0 spiro atoms. The Labute approximate surface area is 174 Å². The number of carbonyl (C=O) groups excluding carboxylic acids is 2. The van der Waals surface area contributed by atoms with Crippen LogP contribution in [0.4, 0.5) is 5.69 Å². The molecule has 0 saturated carbocycles. The summed E-state index contributed by atoms with van der Waals surface area (Å²) in [5.74, 6) is -0.861. The van der Waals surface area contributed by atoms with Crippen LogP contribution in [-0.4, -0.2) is 30.1 Å². The van der Waals surface area contributed by atoms with Crippen molar-refractivity contribution in [1.29, 1.82) is 0 Å². The van der Waals surface area contributed by atoms with Crippen molar-refractivity contribution < 1.29 is 18.0 Å². The number of imide groups is 1. The fraction of sp³-hybridized carbons (Fsp3) is 0.136. The highest BCUT2D eigenvalue weighted by molar-refractivity contribution is 7.92. The van der Waals surface area contributed by atoms with Crippen molar-refractivity contribution >= 4 is 27.5 Å². The van der Waals surface area contributed by atoms with Crippen LogP contribution in [0.3, 0.4) is 0 Å². The van der Waals surface area contributed by atoms with Gasteiger partial charge >= 0.3 is 0 Å². The number of nitrogens with zero attached hydrogens (tertiary/aromatic N) is 2. The molecule has 2 amide bonds. The van der Waals surface area contributed by atoms with Gasteiger partial charge in [0.1, 0.15) is 5.69 Å². The lowest BCUT2D eigenvalue weighted by Gasteiger charge is -2.14.